The van der Waals surface area contributed by atoms with E-state index in [0.29, 0.717) is 23.1 Å². The average molecular weight is 451 g/mol. The van der Waals surface area contributed by atoms with Crippen molar-refractivity contribution < 1.29 is 28.7 Å². The summed E-state index contributed by atoms with van der Waals surface area (Å²) in [5.74, 6) is -2.83. The van der Waals surface area contributed by atoms with E-state index in [0.717, 1.165) is 5.56 Å². The fourth-order valence-electron chi connectivity index (χ4n) is 3.66. The largest absolute Gasteiger partial charge is 0.476 e. The fraction of sp³-hybridized carbons (Fsp3) is 0.250. The quantitative estimate of drug-likeness (QED) is 0.289. The minimum Gasteiger partial charge on any atom is -0.476 e. The topological polar surface area (TPSA) is 130 Å². The van der Waals surface area contributed by atoms with E-state index in [1.165, 1.54) is 14.0 Å². The van der Waals surface area contributed by atoms with E-state index in [9.17, 15) is 19.2 Å². The molecule has 0 saturated carbocycles. The molecule has 0 aliphatic rings. The van der Waals surface area contributed by atoms with Crippen molar-refractivity contribution >= 4 is 34.5 Å². The van der Waals surface area contributed by atoms with Gasteiger partial charge < -0.3 is 25.1 Å². The van der Waals surface area contributed by atoms with Crippen LogP contribution in [-0.4, -0.2) is 47.9 Å². The number of nitrogens with zero attached hydrogens (tertiary/aromatic N) is 1. The van der Waals surface area contributed by atoms with Gasteiger partial charge in [-0.05, 0) is 24.6 Å². The van der Waals surface area contributed by atoms with Crippen molar-refractivity contribution in [1.82, 2.24) is 9.88 Å². The molecule has 1 unspecified atom stereocenters. The second-order valence-corrected chi connectivity index (χ2v) is 7.44. The van der Waals surface area contributed by atoms with Gasteiger partial charge >= 0.3 is 5.97 Å². The lowest BCUT2D eigenvalue weighted by Crippen LogP contribution is -2.40. The Balaban J connectivity index is 2.17. The monoisotopic (exact) mass is 451 g/mol. The Morgan fingerprint density at radius 2 is 1.76 bits per heavy atom. The van der Waals surface area contributed by atoms with Gasteiger partial charge in [0.05, 0.1) is 30.1 Å². The molecule has 3 aromatic rings. The first-order chi connectivity index (χ1) is 15.7. The standard InChI is InChI=1S/C24H25N3O6/c1-14-20(22(29)23(25)30)21-17(27(14)13-16-8-5-4-6-9-16)10-7-11-18(21)33-19(24(31)32-3)12-26-15(2)28/h4-11,19H,12-13H2,1-3H3,(H2,25,30)(H,26,28). The van der Waals surface area contributed by atoms with E-state index in [1.807, 2.05) is 34.9 Å². The predicted molar refractivity (Wildman–Crippen MR) is 121 cm³/mol. The number of ketones is 1. The van der Waals surface area contributed by atoms with Gasteiger partial charge in [-0.2, -0.15) is 0 Å². The first-order valence-electron chi connectivity index (χ1n) is 10.2. The third-order valence-electron chi connectivity index (χ3n) is 5.22. The molecule has 2 amide bonds. The lowest BCUT2D eigenvalue weighted by atomic mass is 10.1. The van der Waals surface area contributed by atoms with E-state index >= 15 is 0 Å². The Morgan fingerprint density at radius 1 is 1.06 bits per heavy atom. The number of Topliss-reactive ketones (excluding diaryl/α,β-unsaturated/α-hetero) is 1. The number of nitrogens with two attached hydrogens (primary N) is 1. The van der Waals surface area contributed by atoms with Crippen LogP contribution in [0, 0.1) is 6.92 Å². The zero-order valence-electron chi connectivity index (χ0n) is 18.6. The summed E-state index contributed by atoms with van der Waals surface area (Å²) in [6, 6.07) is 14.7. The Labute approximate surface area is 190 Å². The van der Waals surface area contributed by atoms with Gasteiger partial charge in [-0.25, -0.2) is 4.79 Å². The number of carbonyl (C=O) groups is 4. The Bertz CT molecular complexity index is 1220. The molecule has 172 valence electrons. The molecule has 9 nitrogen and oxygen atoms in total. The maximum Gasteiger partial charge on any atom is 0.348 e. The van der Waals surface area contributed by atoms with E-state index in [1.54, 1.807) is 25.1 Å². The maximum absolute atomic E-state index is 12.8. The number of methoxy groups -OCH3 is 1. The summed E-state index contributed by atoms with van der Waals surface area (Å²) in [7, 11) is 1.20. The molecular formula is C24H25N3O6. The highest BCUT2D eigenvalue weighted by Gasteiger charge is 2.28. The summed E-state index contributed by atoms with van der Waals surface area (Å²) in [5, 5.41) is 2.88. The number of nitrogens with one attached hydrogen (secondary N) is 1. The first-order valence-corrected chi connectivity index (χ1v) is 10.2. The summed E-state index contributed by atoms with van der Waals surface area (Å²) >= 11 is 0. The summed E-state index contributed by atoms with van der Waals surface area (Å²) in [4.78, 5) is 48.2. The number of fused-ring (bicyclic) bond motifs is 1. The predicted octanol–water partition coefficient (Wildman–Crippen LogP) is 1.72. The molecule has 0 aliphatic heterocycles. The smallest absolute Gasteiger partial charge is 0.348 e. The molecule has 1 atom stereocenters. The number of benzene rings is 2. The highest BCUT2D eigenvalue weighted by atomic mass is 16.6. The van der Waals surface area contributed by atoms with Crippen LogP contribution in [0.2, 0.25) is 0 Å². The number of esters is 1. The van der Waals surface area contributed by atoms with Crippen LogP contribution in [0.5, 0.6) is 5.75 Å². The van der Waals surface area contributed by atoms with E-state index in [-0.39, 0.29) is 23.8 Å². The number of primary amides is 1. The highest BCUT2D eigenvalue weighted by Crippen LogP contribution is 2.35. The second kappa shape index (κ2) is 9.99. The molecule has 0 saturated heterocycles. The summed E-state index contributed by atoms with van der Waals surface area (Å²) in [5.41, 5.74) is 7.58. The molecule has 0 spiro atoms. The maximum atomic E-state index is 12.8. The fourth-order valence-corrected chi connectivity index (χ4v) is 3.66. The van der Waals surface area contributed by atoms with Gasteiger partial charge in [0.2, 0.25) is 12.0 Å². The molecule has 3 rings (SSSR count). The SMILES string of the molecule is COC(=O)C(CNC(C)=O)Oc1cccc2c1c(C(=O)C(N)=O)c(C)n2Cc1ccccc1. The zero-order chi connectivity index (χ0) is 24.1. The van der Waals surface area contributed by atoms with Gasteiger partial charge in [-0.15, -0.1) is 0 Å². The number of hydrogen-bond donors (Lipinski definition) is 2. The Kier molecular flexibility index (Phi) is 7.12. The molecule has 1 aromatic heterocycles. The Hall–Kier alpha value is -4.14. The van der Waals surface area contributed by atoms with Crippen LogP contribution in [0.1, 0.15) is 28.5 Å². The van der Waals surface area contributed by atoms with Crippen molar-refractivity contribution in [3.05, 3.63) is 65.4 Å². The van der Waals surface area contributed by atoms with E-state index in [4.69, 9.17) is 15.2 Å². The Morgan fingerprint density at radius 3 is 2.36 bits per heavy atom. The average Bonchev–Trinajstić information content (AvgIpc) is 3.08. The molecular weight excluding hydrogens is 426 g/mol. The number of ether oxygens (including phenoxy) is 2. The van der Waals surface area contributed by atoms with Gasteiger partial charge in [-0.1, -0.05) is 36.4 Å². The summed E-state index contributed by atoms with van der Waals surface area (Å²) < 4.78 is 12.6. The lowest BCUT2D eigenvalue weighted by Gasteiger charge is -2.18. The number of aromatic nitrogens is 1. The molecule has 0 aliphatic carbocycles. The molecule has 2 aromatic carbocycles. The second-order valence-electron chi connectivity index (χ2n) is 7.44. The van der Waals surface area contributed by atoms with Crippen molar-refractivity contribution in [3.8, 4) is 5.75 Å². The first kappa shape index (κ1) is 23.5. The molecule has 0 bridgehead atoms. The molecule has 1 heterocycles. The van der Waals surface area contributed by atoms with Crippen LogP contribution in [0.4, 0.5) is 0 Å². The number of rotatable bonds is 9. The number of amides is 2. The van der Waals surface area contributed by atoms with Crippen molar-refractivity contribution in [2.75, 3.05) is 13.7 Å². The summed E-state index contributed by atoms with van der Waals surface area (Å²) in [6.07, 6.45) is -1.17. The zero-order valence-corrected chi connectivity index (χ0v) is 18.6. The van der Waals surface area contributed by atoms with Crippen LogP contribution >= 0.6 is 0 Å². The van der Waals surface area contributed by atoms with Crippen LogP contribution in [-0.2, 0) is 25.7 Å². The van der Waals surface area contributed by atoms with Crippen molar-refractivity contribution in [2.24, 2.45) is 5.73 Å². The van der Waals surface area contributed by atoms with Crippen molar-refractivity contribution in [2.45, 2.75) is 26.5 Å². The van der Waals surface area contributed by atoms with E-state index < -0.39 is 23.8 Å². The van der Waals surface area contributed by atoms with Gasteiger partial charge in [-0.3, -0.25) is 14.4 Å². The molecule has 0 radical (unpaired) electrons. The van der Waals surface area contributed by atoms with Gasteiger partial charge in [0.25, 0.3) is 11.7 Å². The molecule has 3 N–H and O–H groups in total. The molecule has 0 fully saturated rings. The van der Waals surface area contributed by atoms with Crippen LogP contribution in [0.3, 0.4) is 0 Å². The van der Waals surface area contributed by atoms with Crippen molar-refractivity contribution in [3.63, 3.8) is 0 Å². The van der Waals surface area contributed by atoms with Crippen LogP contribution < -0.4 is 15.8 Å². The normalized spacial score (nSPS) is 11.6. The van der Waals surface area contributed by atoms with Gasteiger partial charge in [0.1, 0.15) is 5.75 Å². The van der Waals surface area contributed by atoms with E-state index in [2.05, 4.69) is 5.32 Å². The molecule has 9 heteroatoms. The number of carbonyl (C=O) groups excluding carboxylic acids is 4. The third kappa shape index (κ3) is 5.03. The minimum absolute atomic E-state index is 0.104. The van der Waals surface area contributed by atoms with Crippen LogP contribution in [0.25, 0.3) is 10.9 Å². The molecule has 33 heavy (non-hydrogen) atoms. The lowest BCUT2D eigenvalue weighted by molar-refractivity contribution is -0.148. The van der Waals surface area contributed by atoms with Crippen LogP contribution in [0.15, 0.2) is 48.5 Å². The summed E-state index contributed by atoms with van der Waals surface area (Å²) in [6.45, 7) is 3.33. The number of hydrogen-bond acceptors (Lipinski definition) is 6. The highest BCUT2D eigenvalue weighted by molar-refractivity contribution is 6.45. The van der Waals surface area contributed by atoms with Gasteiger partial charge in [0.15, 0.2) is 0 Å². The minimum atomic E-state index is -1.17. The van der Waals surface area contributed by atoms with Crippen molar-refractivity contribution in [1.29, 1.82) is 0 Å². The van der Waals surface area contributed by atoms with Gasteiger partial charge in [0, 0.05) is 19.2 Å². The third-order valence-corrected chi connectivity index (χ3v) is 5.22.